The van der Waals surface area contributed by atoms with E-state index in [2.05, 4.69) is 10.6 Å². The minimum absolute atomic E-state index is 0.0235. The molecule has 1 atom stereocenters. The van der Waals surface area contributed by atoms with Crippen LogP contribution in [0.2, 0.25) is 0 Å². The predicted octanol–water partition coefficient (Wildman–Crippen LogP) is 3.46. The molecule has 5 nitrogen and oxygen atoms in total. The third-order valence-electron chi connectivity index (χ3n) is 5.15. The van der Waals surface area contributed by atoms with Crippen molar-refractivity contribution in [2.45, 2.75) is 19.8 Å². The van der Waals surface area contributed by atoms with Crippen LogP contribution in [-0.2, 0) is 0 Å². The number of hydrogen-bond acceptors (Lipinski definition) is 3. The molecule has 2 N–H and O–H groups in total. The van der Waals surface area contributed by atoms with Crippen molar-refractivity contribution >= 4 is 17.5 Å². The van der Waals surface area contributed by atoms with Gasteiger partial charge in [0.05, 0.1) is 5.56 Å². The van der Waals surface area contributed by atoms with Gasteiger partial charge in [-0.2, -0.15) is 0 Å². The predicted molar refractivity (Wildman–Crippen MR) is 108 cm³/mol. The molecule has 2 aromatic rings. The Morgan fingerprint density at radius 3 is 2.75 bits per heavy atom. The molecule has 0 aliphatic carbocycles. The Kier molecular flexibility index (Phi) is 6.41. The average molecular weight is 383 g/mol. The number of halogens is 1. The molecule has 0 radical (unpaired) electrons. The second-order valence-corrected chi connectivity index (χ2v) is 7.28. The molecule has 6 heteroatoms. The number of carbonyl (C=O) groups is 2. The monoisotopic (exact) mass is 383 g/mol. The fraction of sp³-hybridized carbons (Fsp3) is 0.364. The van der Waals surface area contributed by atoms with Crippen molar-refractivity contribution in [3.63, 3.8) is 0 Å². The van der Waals surface area contributed by atoms with Crippen LogP contribution in [0.15, 0.2) is 42.5 Å². The van der Waals surface area contributed by atoms with Crippen LogP contribution < -0.4 is 10.6 Å². The van der Waals surface area contributed by atoms with Gasteiger partial charge in [-0.1, -0.05) is 18.2 Å². The average Bonchev–Trinajstić information content (AvgIpc) is 2.70. The standard InChI is InChI=1S/C22H26FN3O2/c1-15-9-10-17(22(28)26-11-5-6-16(14-26)13-24-2)12-20(15)25-21(27)18-7-3-4-8-19(18)23/h3-4,7-10,12,16,24H,5-6,11,13-14H2,1-2H3,(H,25,27). The van der Waals surface area contributed by atoms with Crippen molar-refractivity contribution in [3.8, 4) is 0 Å². The molecular formula is C22H26FN3O2. The zero-order chi connectivity index (χ0) is 20.1. The van der Waals surface area contributed by atoms with E-state index in [1.54, 1.807) is 24.3 Å². The van der Waals surface area contributed by atoms with Crippen LogP contribution in [0, 0.1) is 18.7 Å². The van der Waals surface area contributed by atoms with Crippen molar-refractivity contribution in [3.05, 3.63) is 65.0 Å². The number of benzene rings is 2. The second-order valence-electron chi connectivity index (χ2n) is 7.28. The smallest absolute Gasteiger partial charge is 0.258 e. The number of anilines is 1. The molecule has 2 aromatic carbocycles. The van der Waals surface area contributed by atoms with Gasteiger partial charge in [-0.3, -0.25) is 9.59 Å². The summed E-state index contributed by atoms with van der Waals surface area (Å²) in [4.78, 5) is 27.3. The lowest BCUT2D eigenvalue weighted by Crippen LogP contribution is -2.42. The summed E-state index contributed by atoms with van der Waals surface area (Å²) >= 11 is 0. The topological polar surface area (TPSA) is 61.4 Å². The van der Waals surface area contributed by atoms with Crippen LogP contribution in [0.1, 0.15) is 39.1 Å². The van der Waals surface area contributed by atoms with Crippen LogP contribution in [0.4, 0.5) is 10.1 Å². The molecular weight excluding hydrogens is 357 g/mol. The second kappa shape index (κ2) is 8.97. The highest BCUT2D eigenvalue weighted by Gasteiger charge is 2.24. The zero-order valence-corrected chi connectivity index (χ0v) is 16.3. The normalized spacial score (nSPS) is 16.7. The number of likely N-dealkylation sites (tertiary alicyclic amines) is 1. The molecule has 0 bridgehead atoms. The summed E-state index contributed by atoms with van der Waals surface area (Å²) in [6.45, 7) is 4.20. The van der Waals surface area contributed by atoms with Gasteiger partial charge in [0, 0.05) is 24.3 Å². The highest BCUT2D eigenvalue weighted by molar-refractivity contribution is 6.05. The van der Waals surface area contributed by atoms with Crippen molar-refractivity contribution in [2.24, 2.45) is 5.92 Å². The maximum absolute atomic E-state index is 13.9. The van der Waals surface area contributed by atoms with Crippen LogP contribution >= 0.6 is 0 Å². The molecule has 0 saturated carbocycles. The Morgan fingerprint density at radius 2 is 2.00 bits per heavy atom. The number of carbonyl (C=O) groups excluding carboxylic acids is 2. The van der Waals surface area contributed by atoms with E-state index >= 15 is 0 Å². The van der Waals surface area contributed by atoms with E-state index in [4.69, 9.17) is 0 Å². The minimum Gasteiger partial charge on any atom is -0.338 e. The largest absolute Gasteiger partial charge is 0.338 e. The van der Waals surface area contributed by atoms with Crippen molar-refractivity contribution in [1.29, 1.82) is 0 Å². The highest BCUT2D eigenvalue weighted by Crippen LogP contribution is 2.22. The zero-order valence-electron chi connectivity index (χ0n) is 16.3. The van der Waals surface area contributed by atoms with Crippen molar-refractivity contribution in [1.82, 2.24) is 10.2 Å². The van der Waals surface area contributed by atoms with Crippen LogP contribution in [0.5, 0.6) is 0 Å². The fourth-order valence-electron chi connectivity index (χ4n) is 3.61. The Morgan fingerprint density at radius 1 is 1.21 bits per heavy atom. The van der Waals surface area contributed by atoms with Gasteiger partial charge in [0.15, 0.2) is 0 Å². The molecule has 1 heterocycles. The molecule has 2 amide bonds. The number of hydrogen-bond donors (Lipinski definition) is 2. The number of amides is 2. The third-order valence-corrected chi connectivity index (χ3v) is 5.15. The lowest BCUT2D eigenvalue weighted by Gasteiger charge is -2.33. The van der Waals surface area contributed by atoms with Crippen LogP contribution in [-0.4, -0.2) is 43.4 Å². The maximum atomic E-state index is 13.9. The Balaban J connectivity index is 1.76. The number of rotatable bonds is 5. The Labute approximate surface area is 164 Å². The summed E-state index contributed by atoms with van der Waals surface area (Å²) in [7, 11) is 1.92. The number of aryl methyl sites for hydroxylation is 1. The first kappa shape index (κ1) is 20.0. The van der Waals surface area contributed by atoms with E-state index in [1.165, 1.54) is 18.2 Å². The Hall–Kier alpha value is -2.73. The minimum atomic E-state index is -0.575. The molecule has 1 aliphatic rings. The maximum Gasteiger partial charge on any atom is 0.258 e. The third kappa shape index (κ3) is 4.57. The summed E-state index contributed by atoms with van der Waals surface area (Å²) in [5.74, 6) is -0.692. The molecule has 28 heavy (non-hydrogen) atoms. The number of piperidine rings is 1. The van der Waals surface area contributed by atoms with Gasteiger partial charge in [-0.05, 0) is 69.1 Å². The van der Waals surface area contributed by atoms with E-state index in [9.17, 15) is 14.0 Å². The van der Waals surface area contributed by atoms with Gasteiger partial charge in [0.2, 0.25) is 0 Å². The molecule has 1 fully saturated rings. The fourth-order valence-corrected chi connectivity index (χ4v) is 3.61. The summed E-state index contributed by atoms with van der Waals surface area (Å²) in [5, 5.41) is 5.91. The molecule has 3 rings (SSSR count). The van der Waals surface area contributed by atoms with Crippen molar-refractivity contribution < 1.29 is 14.0 Å². The molecule has 0 aromatic heterocycles. The summed E-state index contributed by atoms with van der Waals surface area (Å²) < 4.78 is 13.9. The lowest BCUT2D eigenvalue weighted by atomic mass is 9.97. The van der Waals surface area contributed by atoms with E-state index in [0.717, 1.165) is 38.0 Å². The lowest BCUT2D eigenvalue weighted by molar-refractivity contribution is 0.0674. The van der Waals surface area contributed by atoms with E-state index < -0.39 is 11.7 Å². The van der Waals surface area contributed by atoms with E-state index in [0.29, 0.717) is 17.2 Å². The molecule has 1 saturated heterocycles. The summed E-state index contributed by atoms with van der Waals surface area (Å²) in [5.41, 5.74) is 1.83. The van der Waals surface area contributed by atoms with Crippen LogP contribution in [0.3, 0.4) is 0 Å². The van der Waals surface area contributed by atoms with Gasteiger partial charge in [-0.25, -0.2) is 4.39 Å². The van der Waals surface area contributed by atoms with E-state index in [1.807, 2.05) is 18.9 Å². The molecule has 148 valence electrons. The van der Waals surface area contributed by atoms with Crippen molar-refractivity contribution in [2.75, 3.05) is 32.0 Å². The van der Waals surface area contributed by atoms with Gasteiger partial charge >= 0.3 is 0 Å². The summed E-state index contributed by atoms with van der Waals surface area (Å²) in [6.07, 6.45) is 2.10. The molecule has 1 unspecified atom stereocenters. The number of nitrogens with one attached hydrogen (secondary N) is 2. The van der Waals surface area contributed by atoms with Gasteiger partial charge in [0.1, 0.15) is 5.82 Å². The van der Waals surface area contributed by atoms with Gasteiger partial charge in [-0.15, -0.1) is 0 Å². The number of nitrogens with zero attached hydrogens (tertiary/aromatic N) is 1. The quantitative estimate of drug-likeness (QED) is 0.831. The first-order valence-electron chi connectivity index (χ1n) is 9.60. The van der Waals surface area contributed by atoms with Gasteiger partial charge < -0.3 is 15.5 Å². The van der Waals surface area contributed by atoms with Gasteiger partial charge in [0.25, 0.3) is 11.8 Å². The first-order valence-corrected chi connectivity index (χ1v) is 9.60. The first-order chi connectivity index (χ1) is 13.5. The molecule has 1 aliphatic heterocycles. The summed E-state index contributed by atoms with van der Waals surface area (Å²) in [6, 6.07) is 11.1. The van der Waals surface area contributed by atoms with E-state index in [-0.39, 0.29) is 11.5 Å². The van der Waals surface area contributed by atoms with Crippen LogP contribution in [0.25, 0.3) is 0 Å². The Bertz CT molecular complexity index is 867. The highest BCUT2D eigenvalue weighted by atomic mass is 19.1. The SMILES string of the molecule is CNCC1CCCN(C(=O)c2ccc(C)c(NC(=O)c3ccccc3F)c2)C1. The molecule has 0 spiro atoms.